The first-order chi connectivity index (χ1) is 10.0. The van der Waals surface area contributed by atoms with Crippen molar-refractivity contribution >= 4 is 0 Å². The first kappa shape index (κ1) is 14.1. The van der Waals surface area contributed by atoms with Gasteiger partial charge in [-0.25, -0.2) is 0 Å². The minimum absolute atomic E-state index is 0.158. The molecule has 1 saturated carbocycles. The molecular weight excluding hydrogens is 266 g/mol. The summed E-state index contributed by atoms with van der Waals surface area (Å²) in [5.41, 5.74) is 6.92. The van der Waals surface area contributed by atoms with Crippen molar-refractivity contribution in [1.29, 1.82) is 0 Å². The van der Waals surface area contributed by atoms with Crippen LogP contribution in [-0.2, 0) is 12.0 Å². The smallest absolute Gasteiger partial charge is 0.231 e. The highest BCUT2D eigenvalue weighted by Gasteiger charge is 2.38. The van der Waals surface area contributed by atoms with Crippen molar-refractivity contribution in [3.63, 3.8) is 0 Å². The van der Waals surface area contributed by atoms with E-state index in [9.17, 15) is 0 Å². The molecule has 1 aromatic carbocycles. The zero-order valence-corrected chi connectivity index (χ0v) is 12.5. The van der Waals surface area contributed by atoms with Crippen LogP contribution in [-0.4, -0.2) is 16.2 Å². The molecule has 0 radical (unpaired) electrons. The second-order valence-electron chi connectivity index (χ2n) is 6.01. The van der Waals surface area contributed by atoms with Crippen LogP contribution in [0.2, 0.25) is 0 Å². The van der Waals surface area contributed by atoms with Crippen molar-refractivity contribution in [1.82, 2.24) is 10.1 Å². The molecule has 1 aliphatic carbocycles. The fourth-order valence-electron chi connectivity index (χ4n) is 2.49. The monoisotopic (exact) mass is 287 g/mol. The number of nitrogens with two attached hydrogens (primary N) is 1. The van der Waals surface area contributed by atoms with Crippen molar-refractivity contribution in [3.8, 4) is 5.75 Å². The average molecular weight is 287 g/mol. The fraction of sp³-hybridized carbons (Fsp3) is 0.500. The highest BCUT2D eigenvalue weighted by atomic mass is 16.5. The number of aromatic nitrogens is 2. The molecule has 3 rings (SSSR count). The zero-order valence-electron chi connectivity index (χ0n) is 12.5. The summed E-state index contributed by atoms with van der Waals surface area (Å²) in [5.74, 6) is 2.10. The second-order valence-corrected chi connectivity index (χ2v) is 6.01. The van der Waals surface area contributed by atoms with Gasteiger partial charge in [0.15, 0.2) is 5.82 Å². The van der Waals surface area contributed by atoms with Gasteiger partial charge in [0.05, 0.1) is 18.1 Å². The first-order valence-corrected chi connectivity index (χ1v) is 7.43. The summed E-state index contributed by atoms with van der Waals surface area (Å²) in [4.78, 5) is 4.45. The Labute approximate surface area is 124 Å². The van der Waals surface area contributed by atoms with Crippen molar-refractivity contribution in [2.75, 3.05) is 0 Å². The van der Waals surface area contributed by atoms with E-state index in [1.165, 1.54) is 0 Å². The van der Waals surface area contributed by atoms with Gasteiger partial charge < -0.3 is 15.0 Å². The normalized spacial score (nSPS) is 16.8. The Morgan fingerprint density at radius 3 is 2.86 bits per heavy atom. The third kappa shape index (κ3) is 3.08. The zero-order chi connectivity index (χ0) is 14.9. The minimum atomic E-state index is -0.371. The molecule has 0 bridgehead atoms. The maximum Gasteiger partial charge on any atom is 0.231 e. The van der Waals surface area contributed by atoms with Crippen LogP contribution in [0.3, 0.4) is 0 Å². The lowest BCUT2D eigenvalue weighted by Gasteiger charge is -2.34. The molecule has 5 nitrogen and oxygen atoms in total. The summed E-state index contributed by atoms with van der Waals surface area (Å²) >= 11 is 0. The highest BCUT2D eigenvalue weighted by molar-refractivity contribution is 5.30. The predicted molar refractivity (Wildman–Crippen MR) is 79.0 cm³/mol. The quantitative estimate of drug-likeness (QED) is 0.915. The SMILES string of the molecule is CC(C)Oc1cccc(Cc2nc(C3(N)CCC3)no2)c1. The summed E-state index contributed by atoms with van der Waals surface area (Å²) in [6, 6.07) is 7.96. The summed E-state index contributed by atoms with van der Waals surface area (Å²) in [6.45, 7) is 4.02. The molecule has 112 valence electrons. The number of benzene rings is 1. The lowest BCUT2D eigenvalue weighted by molar-refractivity contribution is 0.229. The number of hydrogen-bond donors (Lipinski definition) is 1. The number of nitrogens with zero attached hydrogens (tertiary/aromatic N) is 2. The first-order valence-electron chi connectivity index (χ1n) is 7.43. The van der Waals surface area contributed by atoms with Gasteiger partial charge in [-0.2, -0.15) is 4.98 Å². The lowest BCUT2D eigenvalue weighted by atomic mass is 9.77. The second kappa shape index (κ2) is 5.48. The standard InChI is InChI=1S/C16H21N3O2/c1-11(2)20-13-6-3-5-12(9-13)10-14-18-15(19-21-14)16(17)7-4-8-16/h3,5-6,9,11H,4,7-8,10,17H2,1-2H3. The topological polar surface area (TPSA) is 74.2 Å². The predicted octanol–water partition coefficient (Wildman–Crippen LogP) is 2.79. The van der Waals surface area contributed by atoms with Gasteiger partial charge >= 0.3 is 0 Å². The van der Waals surface area contributed by atoms with E-state index in [0.29, 0.717) is 18.1 Å². The Balaban J connectivity index is 1.72. The van der Waals surface area contributed by atoms with E-state index in [1.54, 1.807) is 0 Å². The maximum absolute atomic E-state index is 6.20. The Morgan fingerprint density at radius 2 is 2.19 bits per heavy atom. The summed E-state index contributed by atoms with van der Waals surface area (Å²) in [7, 11) is 0. The van der Waals surface area contributed by atoms with Gasteiger partial charge in [-0.3, -0.25) is 0 Å². The molecule has 0 spiro atoms. The van der Waals surface area contributed by atoms with Crippen LogP contribution in [0.5, 0.6) is 5.75 Å². The van der Waals surface area contributed by atoms with Crippen LogP contribution in [0.4, 0.5) is 0 Å². The van der Waals surface area contributed by atoms with Crippen molar-refractivity contribution < 1.29 is 9.26 Å². The van der Waals surface area contributed by atoms with E-state index < -0.39 is 0 Å². The summed E-state index contributed by atoms with van der Waals surface area (Å²) in [5, 5.41) is 4.03. The van der Waals surface area contributed by atoms with Gasteiger partial charge in [0.1, 0.15) is 5.75 Å². The maximum atomic E-state index is 6.20. The number of hydrogen-bond acceptors (Lipinski definition) is 5. The lowest BCUT2D eigenvalue weighted by Crippen LogP contribution is -2.44. The fourth-order valence-corrected chi connectivity index (χ4v) is 2.49. The van der Waals surface area contributed by atoms with Crippen molar-refractivity contribution in [2.45, 2.75) is 51.2 Å². The van der Waals surface area contributed by atoms with E-state index in [-0.39, 0.29) is 11.6 Å². The van der Waals surface area contributed by atoms with Gasteiger partial charge in [0.2, 0.25) is 5.89 Å². The molecule has 2 N–H and O–H groups in total. The Bertz CT molecular complexity index is 617. The number of rotatable bonds is 5. The third-order valence-electron chi connectivity index (χ3n) is 3.78. The van der Waals surface area contributed by atoms with Crippen LogP contribution in [0.1, 0.15) is 50.4 Å². The Kier molecular flexibility index (Phi) is 3.68. The summed E-state index contributed by atoms with van der Waals surface area (Å²) < 4.78 is 11.0. The van der Waals surface area contributed by atoms with Gasteiger partial charge in [0, 0.05) is 0 Å². The van der Waals surface area contributed by atoms with Crippen molar-refractivity contribution in [2.24, 2.45) is 5.73 Å². The Hall–Kier alpha value is -1.88. The molecule has 5 heteroatoms. The molecule has 1 fully saturated rings. The molecule has 21 heavy (non-hydrogen) atoms. The van der Waals surface area contributed by atoms with Gasteiger partial charge in [-0.1, -0.05) is 17.3 Å². The molecular formula is C16H21N3O2. The van der Waals surface area contributed by atoms with E-state index in [2.05, 4.69) is 10.1 Å². The number of ether oxygens (including phenoxy) is 1. The average Bonchev–Trinajstić information content (AvgIpc) is 2.84. The minimum Gasteiger partial charge on any atom is -0.491 e. The molecule has 0 saturated heterocycles. The van der Waals surface area contributed by atoms with Crippen LogP contribution in [0, 0.1) is 0 Å². The van der Waals surface area contributed by atoms with Crippen LogP contribution in [0.15, 0.2) is 28.8 Å². The molecule has 1 heterocycles. The molecule has 0 atom stereocenters. The van der Waals surface area contributed by atoms with Gasteiger partial charge in [-0.05, 0) is 50.8 Å². The molecule has 0 aliphatic heterocycles. The van der Waals surface area contributed by atoms with E-state index in [4.69, 9.17) is 15.0 Å². The van der Waals surface area contributed by atoms with Gasteiger partial charge in [-0.15, -0.1) is 0 Å². The largest absolute Gasteiger partial charge is 0.491 e. The van der Waals surface area contributed by atoms with Crippen LogP contribution >= 0.6 is 0 Å². The van der Waals surface area contributed by atoms with Gasteiger partial charge in [0.25, 0.3) is 0 Å². The molecule has 1 aromatic heterocycles. The summed E-state index contributed by atoms with van der Waals surface area (Å²) in [6.07, 6.45) is 3.76. The van der Waals surface area contributed by atoms with Crippen LogP contribution < -0.4 is 10.5 Å². The van der Waals surface area contributed by atoms with Crippen LogP contribution in [0.25, 0.3) is 0 Å². The third-order valence-corrected chi connectivity index (χ3v) is 3.78. The van der Waals surface area contributed by atoms with E-state index in [1.807, 2.05) is 38.1 Å². The highest BCUT2D eigenvalue weighted by Crippen LogP contribution is 2.36. The van der Waals surface area contributed by atoms with Crippen molar-refractivity contribution in [3.05, 3.63) is 41.5 Å². The molecule has 0 unspecified atom stereocenters. The molecule has 0 amide bonds. The molecule has 1 aliphatic rings. The van der Waals surface area contributed by atoms with E-state index >= 15 is 0 Å². The van der Waals surface area contributed by atoms with E-state index in [0.717, 1.165) is 30.6 Å². The molecule has 2 aromatic rings. The Morgan fingerprint density at radius 1 is 1.38 bits per heavy atom.